The largest absolute Gasteiger partial charge is 0.449 e. The highest BCUT2D eigenvalue weighted by atomic mass is 16.3. The number of aromatic nitrogens is 1. The van der Waals surface area contributed by atoms with E-state index in [1.54, 1.807) is 48.8 Å². The van der Waals surface area contributed by atoms with Crippen LogP contribution in [0.3, 0.4) is 0 Å². The van der Waals surface area contributed by atoms with Crippen LogP contribution in [0.2, 0.25) is 0 Å². The fraction of sp³-hybridized carbons (Fsp3) is 0.0588. The monoisotopic (exact) mass is 338 g/mol. The molecule has 126 valence electrons. The van der Waals surface area contributed by atoms with Gasteiger partial charge in [0.05, 0.1) is 0 Å². The van der Waals surface area contributed by atoms with E-state index in [-0.39, 0.29) is 18.0 Å². The molecule has 8 heteroatoms. The maximum atomic E-state index is 12.1. The van der Waals surface area contributed by atoms with E-state index in [2.05, 4.69) is 15.6 Å². The highest BCUT2D eigenvalue weighted by molar-refractivity contribution is 6.40. The number of furan rings is 1. The van der Waals surface area contributed by atoms with Crippen molar-refractivity contribution in [1.29, 1.82) is 0 Å². The second kappa shape index (κ2) is 6.83. The Morgan fingerprint density at radius 3 is 2.48 bits per heavy atom. The van der Waals surface area contributed by atoms with Crippen LogP contribution < -0.4 is 16.4 Å². The first-order chi connectivity index (χ1) is 12.1. The van der Waals surface area contributed by atoms with Crippen LogP contribution in [0.25, 0.3) is 11.0 Å². The topological polar surface area (TPSA) is 127 Å². The molecule has 2 aromatic heterocycles. The molecule has 1 aromatic carbocycles. The zero-order valence-electron chi connectivity index (χ0n) is 13.0. The number of primary amides is 1. The molecule has 0 saturated carbocycles. The van der Waals surface area contributed by atoms with Crippen LogP contribution >= 0.6 is 0 Å². The molecule has 25 heavy (non-hydrogen) atoms. The van der Waals surface area contributed by atoms with Gasteiger partial charge in [0, 0.05) is 24.3 Å². The summed E-state index contributed by atoms with van der Waals surface area (Å²) >= 11 is 0. The lowest BCUT2D eigenvalue weighted by molar-refractivity contribution is -0.136. The molecular weight excluding hydrogens is 324 g/mol. The number of benzene rings is 1. The zero-order valence-corrected chi connectivity index (χ0v) is 13.0. The molecule has 0 atom stereocenters. The molecular formula is C17H14N4O4. The first-order valence-corrected chi connectivity index (χ1v) is 7.35. The molecule has 0 aliphatic carbocycles. The number of amides is 3. The van der Waals surface area contributed by atoms with Gasteiger partial charge in [0.15, 0.2) is 0 Å². The van der Waals surface area contributed by atoms with E-state index in [4.69, 9.17) is 10.2 Å². The lowest BCUT2D eigenvalue weighted by Crippen LogP contribution is -2.35. The van der Waals surface area contributed by atoms with Crippen molar-refractivity contribution in [3.05, 3.63) is 60.1 Å². The van der Waals surface area contributed by atoms with Gasteiger partial charge in [0.25, 0.3) is 5.91 Å². The normalized spacial score (nSPS) is 10.4. The van der Waals surface area contributed by atoms with Gasteiger partial charge in [-0.3, -0.25) is 19.4 Å². The molecule has 3 rings (SSSR count). The second-order valence-corrected chi connectivity index (χ2v) is 5.16. The number of nitrogens with zero attached hydrogens (tertiary/aromatic N) is 1. The summed E-state index contributed by atoms with van der Waals surface area (Å²) in [6.07, 6.45) is 3.16. The van der Waals surface area contributed by atoms with Crippen molar-refractivity contribution >= 4 is 34.4 Å². The van der Waals surface area contributed by atoms with Crippen LogP contribution in [0.5, 0.6) is 0 Å². The number of carbonyl (C=O) groups is 3. The number of hydrogen-bond donors (Lipinski definition) is 3. The second-order valence-electron chi connectivity index (χ2n) is 5.16. The predicted octanol–water partition coefficient (Wildman–Crippen LogP) is 1.18. The molecule has 4 N–H and O–H groups in total. The maximum Gasteiger partial charge on any atom is 0.313 e. The highest BCUT2D eigenvalue weighted by Gasteiger charge is 2.22. The Bertz CT molecular complexity index is 950. The number of nitrogens with two attached hydrogens (primary N) is 1. The number of hydrogen-bond acceptors (Lipinski definition) is 5. The highest BCUT2D eigenvalue weighted by Crippen LogP contribution is 2.30. The van der Waals surface area contributed by atoms with Crippen LogP contribution in [0, 0.1) is 0 Å². The number of rotatable bonds is 4. The van der Waals surface area contributed by atoms with Gasteiger partial charge in [-0.2, -0.15) is 0 Å². The van der Waals surface area contributed by atoms with Crippen LogP contribution in [-0.2, 0) is 16.1 Å². The van der Waals surface area contributed by atoms with Crippen LogP contribution in [-0.4, -0.2) is 22.7 Å². The number of anilines is 1. The Kier molecular flexibility index (Phi) is 4.42. The van der Waals surface area contributed by atoms with Gasteiger partial charge >= 0.3 is 11.8 Å². The number of carbonyl (C=O) groups excluding carboxylic acids is 3. The predicted molar refractivity (Wildman–Crippen MR) is 89.4 cm³/mol. The fourth-order valence-electron chi connectivity index (χ4n) is 2.28. The van der Waals surface area contributed by atoms with Crippen molar-refractivity contribution in [2.45, 2.75) is 6.54 Å². The van der Waals surface area contributed by atoms with Crippen LogP contribution in [0.1, 0.15) is 16.1 Å². The molecule has 0 aliphatic rings. The number of fused-ring (bicyclic) bond motifs is 1. The van der Waals surface area contributed by atoms with E-state index in [0.29, 0.717) is 11.0 Å². The summed E-state index contributed by atoms with van der Waals surface area (Å²) in [5, 5.41) is 5.35. The van der Waals surface area contributed by atoms with Crippen molar-refractivity contribution in [1.82, 2.24) is 10.3 Å². The molecule has 0 radical (unpaired) electrons. The molecule has 3 aromatic rings. The first kappa shape index (κ1) is 16.2. The smallest absolute Gasteiger partial charge is 0.313 e. The SMILES string of the molecule is NC(=O)c1oc2ccccc2c1NC(=O)C(=O)NCc1ccncc1. The Morgan fingerprint density at radius 1 is 1.04 bits per heavy atom. The number of para-hydroxylation sites is 1. The van der Waals surface area contributed by atoms with E-state index in [9.17, 15) is 14.4 Å². The summed E-state index contributed by atoms with van der Waals surface area (Å²) in [5.74, 6) is -2.83. The number of nitrogens with one attached hydrogen (secondary N) is 2. The summed E-state index contributed by atoms with van der Waals surface area (Å²) in [7, 11) is 0. The van der Waals surface area contributed by atoms with Gasteiger partial charge in [-0.1, -0.05) is 12.1 Å². The minimum absolute atomic E-state index is 0.0761. The van der Waals surface area contributed by atoms with Gasteiger partial charge in [0.1, 0.15) is 11.3 Å². The summed E-state index contributed by atoms with van der Waals surface area (Å²) in [4.78, 5) is 39.5. The summed E-state index contributed by atoms with van der Waals surface area (Å²) in [6, 6.07) is 10.1. The Morgan fingerprint density at radius 2 is 1.76 bits per heavy atom. The average Bonchev–Trinajstić information content (AvgIpc) is 2.99. The molecule has 0 aliphatic heterocycles. The van der Waals surface area contributed by atoms with E-state index in [1.807, 2.05) is 0 Å². The van der Waals surface area contributed by atoms with Crippen molar-refractivity contribution in [3.63, 3.8) is 0 Å². The molecule has 0 saturated heterocycles. The van der Waals surface area contributed by atoms with E-state index in [1.165, 1.54) is 0 Å². The van der Waals surface area contributed by atoms with Gasteiger partial charge in [-0.05, 0) is 29.8 Å². The third-order valence-corrected chi connectivity index (χ3v) is 3.47. The quantitative estimate of drug-likeness (QED) is 0.616. The third-order valence-electron chi connectivity index (χ3n) is 3.47. The Balaban J connectivity index is 1.76. The summed E-state index contributed by atoms with van der Waals surface area (Å²) < 4.78 is 5.34. The van der Waals surface area contributed by atoms with Crippen molar-refractivity contribution in [3.8, 4) is 0 Å². The lowest BCUT2D eigenvalue weighted by atomic mass is 10.2. The summed E-state index contributed by atoms with van der Waals surface area (Å²) in [5.41, 5.74) is 6.52. The molecule has 0 bridgehead atoms. The Labute approximate surface area is 142 Å². The van der Waals surface area contributed by atoms with Gasteiger partial charge in [0.2, 0.25) is 5.76 Å². The molecule has 0 spiro atoms. The molecule has 0 fully saturated rings. The van der Waals surface area contributed by atoms with Crippen molar-refractivity contribution in [2.24, 2.45) is 5.73 Å². The van der Waals surface area contributed by atoms with Crippen LogP contribution in [0.15, 0.2) is 53.2 Å². The third kappa shape index (κ3) is 3.47. The van der Waals surface area contributed by atoms with Crippen molar-refractivity contribution in [2.75, 3.05) is 5.32 Å². The first-order valence-electron chi connectivity index (χ1n) is 7.35. The van der Waals surface area contributed by atoms with E-state index >= 15 is 0 Å². The molecule has 3 amide bonds. The maximum absolute atomic E-state index is 12.1. The van der Waals surface area contributed by atoms with Gasteiger partial charge < -0.3 is 20.8 Å². The van der Waals surface area contributed by atoms with Gasteiger partial charge in [-0.25, -0.2) is 0 Å². The standard InChI is InChI=1S/C17H14N4O4/c18-15(22)14-13(11-3-1-2-4-12(11)25-14)21-17(24)16(23)20-9-10-5-7-19-8-6-10/h1-8H,9H2,(H2,18,22)(H,20,23)(H,21,24). The summed E-state index contributed by atoms with van der Waals surface area (Å²) in [6.45, 7) is 0.170. The zero-order chi connectivity index (χ0) is 17.8. The van der Waals surface area contributed by atoms with E-state index in [0.717, 1.165) is 5.56 Å². The molecule has 8 nitrogen and oxygen atoms in total. The average molecular weight is 338 g/mol. The molecule has 0 unspecified atom stereocenters. The fourth-order valence-corrected chi connectivity index (χ4v) is 2.28. The van der Waals surface area contributed by atoms with Crippen LogP contribution in [0.4, 0.5) is 5.69 Å². The van der Waals surface area contributed by atoms with Crippen molar-refractivity contribution < 1.29 is 18.8 Å². The minimum Gasteiger partial charge on any atom is -0.449 e. The number of pyridine rings is 1. The minimum atomic E-state index is -0.928. The van der Waals surface area contributed by atoms with Gasteiger partial charge in [-0.15, -0.1) is 0 Å². The van der Waals surface area contributed by atoms with E-state index < -0.39 is 17.7 Å². The Hall–Kier alpha value is -3.68. The lowest BCUT2D eigenvalue weighted by Gasteiger charge is -2.06. The molecule has 2 heterocycles.